The topological polar surface area (TPSA) is 66.5 Å². The number of halogens is 3. The van der Waals surface area contributed by atoms with Crippen LogP contribution in [0.2, 0.25) is 10.0 Å². The molecular formula is C23H27Cl2FN2O3S. The Balaban J connectivity index is 1.97. The normalized spacial score (nSPS) is 16.9. The Hall–Kier alpha value is -1.83. The van der Waals surface area contributed by atoms with E-state index < -0.39 is 27.8 Å². The molecule has 32 heavy (non-hydrogen) atoms. The summed E-state index contributed by atoms with van der Waals surface area (Å²) < 4.78 is 42.6. The molecule has 174 valence electrons. The Morgan fingerprint density at radius 2 is 1.62 bits per heavy atom. The van der Waals surface area contributed by atoms with Gasteiger partial charge in [0.1, 0.15) is 11.9 Å². The van der Waals surface area contributed by atoms with Gasteiger partial charge in [0.15, 0.2) is 0 Å². The van der Waals surface area contributed by atoms with Gasteiger partial charge in [-0.15, -0.1) is 0 Å². The van der Waals surface area contributed by atoms with E-state index in [-0.39, 0.29) is 21.6 Å². The maximum atomic E-state index is 14.8. The Morgan fingerprint density at radius 3 is 2.25 bits per heavy atom. The highest BCUT2D eigenvalue weighted by atomic mass is 35.5. The SMILES string of the molecule is C[C@H](C(=O)N[C@H](C)C1CCCCC1)N(c1cc(Cl)ccc1F)S(=O)(=O)c1ccc(Cl)cc1. The molecule has 5 nitrogen and oxygen atoms in total. The summed E-state index contributed by atoms with van der Waals surface area (Å²) in [7, 11) is -4.30. The number of sulfonamides is 1. The molecule has 3 rings (SSSR count). The summed E-state index contributed by atoms with van der Waals surface area (Å²) in [6.45, 7) is 3.37. The molecule has 0 aromatic heterocycles. The van der Waals surface area contributed by atoms with Crippen molar-refractivity contribution in [3.05, 3.63) is 58.3 Å². The van der Waals surface area contributed by atoms with Crippen LogP contribution in [0.4, 0.5) is 10.1 Å². The van der Waals surface area contributed by atoms with Crippen molar-refractivity contribution in [3.63, 3.8) is 0 Å². The van der Waals surface area contributed by atoms with Crippen molar-refractivity contribution in [1.29, 1.82) is 0 Å². The summed E-state index contributed by atoms with van der Waals surface area (Å²) in [5, 5.41) is 3.46. The van der Waals surface area contributed by atoms with Gasteiger partial charge in [0.05, 0.1) is 10.6 Å². The van der Waals surface area contributed by atoms with E-state index in [2.05, 4.69) is 5.32 Å². The zero-order valence-electron chi connectivity index (χ0n) is 18.0. The number of carbonyl (C=O) groups is 1. The van der Waals surface area contributed by atoms with Crippen molar-refractivity contribution in [2.45, 2.75) is 62.9 Å². The minimum Gasteiger partial charge on any atom is -0.352 e. The summed E-state index contributed by atoms with van der Waals surface area (Å²) in [5.41, 5.74) is -0.291. The molecular weight excluding hydrogens is 474 g/mol. The quantitative estimate of drug-likeness (QED) is 0.522. The van der Waals surface area contributed by atoms with E-state index >= 15 is 0 Å². The van der Waals surface area contributed by atoms with Gasteiger partial charge in [0.2, 0.25) is 5.91 Å². The van der Waals surface area contributed by atoms with Gasteiger partial charge in [-0.05, 0) is 75.1 Å². The summed E-state index contributed by atoms with van der Waals surface area (Å²) >= 11 is 11.9. The van der Waals surface area contributed by atoms with Crippen LogP contribution in [-0.2, 0) is 14.8 Å². The van der Waals surface area contributed by atoms with Crippen molar-refractivity contribution < 1.29 is 17.6 Å². The summed E-state index contributed by atoms with van der Waals surface area (Å²) in [4.78, 5) is 13.0. The van der Waals surface area contributed by atoms with E-state index in [9.17, 15) is 17.6 Å². The lowest BCUT2D eigenvalue weighted by Gasteiger charge is -2.33. The molecule has 0 saturated heterocycles. The Bertz CT molecular complexity index is 1060. The van der Waals surface area contributed by atoms with Crippen LogP contribution < -0.4 is 9.62 Å². The molecule has 2 aromatic rings. The first kappa shape index (κ1) is 24.8. The molecule has 1 aliphatic rings. The molecule has 1 N–H and O–H groups in total. The maximum absolute atomic E-state index is 14.8. The largest absolute Gasteiger partial charge is 0.352 e. The first-order valence-corrected chi connectivity index (χ1v) is 12.9. The van der Waals surface area contributed by atoms with Crippen molar-refractivity contribution in [1.82, 2.24) is 5.32 Å². The third kappa shape index (κ3) is 5.56. The summed E-state index contributed by atoms with van der Waals surface area (Å²) in [6, 6.07) is 7.78. The van der Waals surface area contributed by atoms with Crippen molar-refractivity contribution in [2.75, 3.05) is 4.31 Å². The number of benzene rings is 2. The summed E-state index contributed by atoms with van der Waals surface area (Å²) in [6.07, 6.45) is 5.46. The molecule has 1 fully saturated rings. The van der Waals surface area contributed by atoms with Crippen LogP contribution in [0.5, 0.6) is 0 Å². The van der Waals surface area contributed by atoms with Gasteiger partial charge in [-0.1, -0.05) is 42.5 Å². The second kappa shape index (κ2) is 10.4. The van der Waals surface area contributed by atoms with Crippen LogP contribution in [0.25, 0.3) is 0 Å². The third-order valence-corrected chi connectivity index (χ3v) is 8.36. The Kier molecular flexibility index (Phi) is 8.06. The fraction of sp³-hybridized carbons (Fsp3) is 0.435. The van der Waals surface area contributed by atoms with Crippen molar-refractivity contribution >= 4 is 44.8 Å². The van der Waals surface area contributed by atoms with E-state index in [1.54, 1.807) is 0 Å². The number of nitrogens with one attached hydrogen (secondary N) is 1. The molecule has 2 atom stereocenters. The lowest BCUT2D eigenvalue weighted by Crippen LogP contribution is -2.51. The van der Waals surface area contributed by atoms with E-state index in [4.69, 9.17) is 23.2 Å². The highest BCUT2D eigenvalue weighted by Crippen LogP contribution is 2.32. The van der Waals surface area contributed by atoms with Gasteiger partial charge in [0, 0.05) is 16.1 Å². The number of hydrogen-bond acceptors (Lipinski definition) is 3. The molecule has 2 aromatic carbocycles. The molecule has 1 aliphatic carbocycles. The average Bonchev–Trinajstić information content (AvgIpc) is 2.77. The second-order valence-electron chi connectivity index (χ2n) is 8.22. The van der Waals surface area contributed by atoms with Gasteiger partial charge in [0.25, 0.3) is 10.0 Å². The number of nitrogens with zero attached hydrogens (tertiary/aromatic N) is 1. The molecule has 0 aliphatic heterocycles. The zero-order chi connectivity index (χ0) is 23.5. The van der Waals surface area contributed by atoms with Crippen LogP contribution in [0.15, 0.2) is 47.4 Å². The third-order valence-electron chi connectivity index (χ3n) is 5.97. The highest BCUT2D eigenvalue weighted by Gasteiger charge is 2.36. The number of carbonyl (C=O) groups excluding carboxylic acids is 1. The second-order valence-corrected chi connectivity index (χ2v) is 10.9. The fourth-order valence-corrected chi connectivity index (χ4v) is 6.03. The molecule has 9 heteroatoms. The van der Waals surface area contributed by atoms with E-state index in [0.717, 1.165) is 36.1 Å². The van der Waals surface area contributed by atoms with Gasteiger partial charge in [-0.3, -0.25) is 9.10 Å². The van der Waals surface area contributed by atoms with Gasteiger partial charge in [-0.25, -0.2) is 12.8 Å². The number of amides is 1. The molecule has 0 heterocycles. The molecule has 1 saturated carbocycles. The smallest absolute Gasteiger partial charge is 0.265 e. The predicted molar refractivity (Wildman–Crippen MR) is 126 cm³/mol. The van der Waals surface area contributed by atoms with Gasteiger partial charge in [-0.2, -0.15) is 0 Å². The van der Waals surface area contributed by atoms with Gasteiger partial charge >= 0.3 is 0 Å². The first-order chi connectivity index (χ1) is 15.1. The van der Waals surface area contributed by atoms with Crippen LogP contribution in [-0.4, -0.2) is 26.4 Å². The standard InChI is InChI=1S/C23H27Cl2FN2O3S/c1-15(17-6-4-3-5-7-17)27-23(29)16(2)28(22-14-19(25)10-13-21(22)26)32(30,31)20-11-8-18(24)9-12-20/h8-17H,3-7H2,1-2H3,(H,27,29)/t15-,16-/m1/s1. The number of hydrogen-bond donors (Lipinski definition) is 1. The van der Waals surface area contributed by atoms with Crippen LogP contribution in [0.1, 0.15) is 46.0 Å². The van der Waals surface area contributed by atoms with Crippen LogP contribution in [0, 0.1) is 11.7 Å². The maximum Gasteiger partial charge on any atom is 0.265 e. The zero-order valence-corrected chi connectivity index (χ0v) is 20.4. The number of rotatable bonds is 7. The Morgan fingerprint density at radius 1 is 1.03 bits per heavy atom. The minimum atomic E-state index is -4.30. The van der Waals surface area contributed by atoms with Crippen molar-refractivity contribution in [3.8, 4) is 0 Å². The van der Waals surface area contributed by atoms with E-state index in [0.29, 0.717) is 10.9 Å². The molecule has 0 bridgehead atoms. The summed E-state index contributed by atoms with van der Waals surface area (Å²) in [5.74, 6) is -0.962. The molecule has 0 unspecified atom stereocenters. The first-order valence-electron chi connectivity index (χ1n) is 10.7. The predicted octanol–water partition coefficient (Wildman–Crippen LogP) is 5.80. The minimum absolute atomic E-state index is 0.110. The van der Waals surface area contributed by atoms with Crippen molar-refractivity contribution in [2.24, 2.45) is 5.92 Å². The fourth-order valence-electron chi connectivity index (χ4n) is 4.12. The molecule has 0 spiro atoms. The Labute approximate surface area is 199 Å². The van der Waals surface area contributed by atoms with E-state index in [1.807, 2.05) is 6.92 Å². The lowest BCUT2D eigenvalue weighted by atomic mass is 9.84. The average molecular weight is 501 g/mol. The molecule has 0 radical (unpaired) electrons. The highest BCUT2D eigenvalue weighted by molar-refractivity contribution is 7.93. The lowest BCUT2D eigenvalue weighted by molar-refractivity contribution is -0.122. The number of anilines is 1. The molecule has 1 amide bonds. The van der Waals surface area contributed by atoms with E-state index in [1.165, 1.54) is 49.7 Å². The van der Waals surface area contributed by atoms with Crippen LogP contribution >= 0.6 is 23.2 Å². The van der Waals surface area contributed by atoms with Crippen LogP contribution in [0.3, 0.4) is 0 Å². The monoisotopic (exact) mass is 500 g/mol. The van der Waals surface area contributed by atoms with Gasteiger partial charge < -0.3 is 5.32 Å².